The lowest BCUT2D eigenvalue weighted by molar-refractivity contribution is 0.380. The second kappa shape index (κ2) is 12.5. The summed E-state index contributed by atoms with van der Waals surface area (Å²) in [5.74, 6) is 3.04. The Morgan fingerprint density at radius 1 is 1.16 bits per heavy atom. The number of benzene rings is 2. The zero-order valence-electron chi connectivity index (χ0n) is 18.4. The predicted octanol–water partition coefficient (Wildman–Crippen LogP) is 4.84. The molecule has 0 aliphatic heterocycles. The van der Waals surface area contributed by atoms with Crippen molar-refractivity contribution in [1.29, 1.82) is 0 Å². The first-order chi connectivity index (χ1) is 15.0. The van der Waals surface area contributed by atoms with Crippen LogP contribution in [0, 0.1) is 0 Å². The Bertz CT molecular complexity index is 1030. The van der Waals surface area contributed by atoms with Crippen molar-refractivity contribution in [2.45, 2.75) is 26.4 Å². The lowest BCUT2D eigenvalue weighted by Gasteiger charge is -2.20. The molecule has 1 aromatic heterocycles. The fourth-order valence-electron chi connectivity index (χ4n) is 2.96. The van der Waals surface area contributed by atoms with E-state index in [1.54, 1.807) is 26.4 Å². The first-order valence-electron chi connectivity index (χ1n) is 9.89. The summed E-state index contributed by atoms with van der Waals surface area (Å²) < 4.78 is 16.2. The maximum Gasteiger partial charge on any atom is 0.248 e. The van der Waals surface area contributed by atoms with Crippen molar-refractivity contribution in [3.63, 3.8) is 0 Å². The SMILES string of the molecule is CCNC(=NCc1nc(-c2ccc(Cl)cc2)no1)NC(C)c1cc(OC)ccc1OC.I. The van der Waals surface area contributed by atoms with Gasteiger partial charge in [0.05, 0.1) is 20.3 Å². The molecule has 3 rings (SSSR count). The lowest BCUT2D eigenvalue weighted by Crippen LogP contribution is -2.38. The maximum atomic E-state index is 5.93. The van der Waals surface area contributed by atoms with Crippen LogP contribution in [0.15, 0.2) is 52.0 Å². The van der Waals surface area contributed by atoms with E-state index in [1.165, 1.54) is 0 Å². The van der Waals surface area contributed by atoms with Crippen molar-refractivity contribution in [2.24, 2.45) is 4.99 Å². The molecule has 0 saturated carbocycles. The van der Waals surface area contributed by atoms with E-state index >= 15 is 0 Å². The van der Waals surface area contributed by atoms with Gasteiger partial charge in [-0.3, -0.25) is 0 Å². The van der Waals surface area contributed by atoms with Crippen molar-refractivity contribution < 1.29 is 14.0 Å². The Hall–Kier alpha value is -2.53. The van der Waals surface area contributed by atoms with E-state index in [0.29, 0.717) is 29.2 Å². The van der Waals surface area contributed by atoms with Gasteiger partial charge >= 0.3 is 0 Å². The van der Waals surface area contributed by atoms with Gasteiger partial charge in [0.2, 0.25) is 11.7 Å². The number of hydrogen-bond donors (Lipinski definition) is 2. The molecule has 0 aliphatic rings. The molecule has 1 atom stereocenters. The molecule has 2 N–H and O–H groups in total. The molecule has 0 bridgehead atoms. The predicted molar refractivity (Wildman–Crippen MR) is 136 cm³/mol. The van der Waals surface area contributed by atoms with Crippen molar-refractivity contribution in [3.05, 3.63) is 58.9 Å². The van der Waals surface area contributed by atoms with Crippen LogP contribution in [0.25, 0.3) is 11.4 Å². The average Bonchev–Trinajstić information content (AvgIpc) is 3.26. The normalized spacial score (nSPS) is 12.0. The third kappa shape index (κ3) is 6.73. The Morgan fingerprint density at radius 2 is 1.91 bits per heavy atom. The first-order valence-corrected chi connectivity index (χ1v) is 10.3. The highest BCUT2D eigenvalue weighted by molar-refractivity contribution is 14.0. The van der Waals surface area contributed by atoms with E-state index < -0.39 is 0 Å². The lowest BCUT2D eigenvalue weighted by atomic mass is 10.1. The summed E-state index contributed by atoms with van der Waals surface area (Å²) in [4.78, 5) is 8.98. The highest BCUT2D eigenvalue weighted by Gasteiger charge is 2.15. The average molecular weight is 572 g/mol. The summed E-state index contributed by atoms with van der Waals surface area (Å²) in [6.45, 7) is 4.96. The number of nitrogens with one attached hydrogen (secondary N) is 2. The van der Waals surface area contributed by atoms with E-state index in [1.807, 2.05) is 44.2 Å². The van der Waals surface area contributed by atoms with Gasteiger partial charge in [0.1, 0.15) is 18.0 Å². The van der Waals surface area contributed by atoms with Crippen molar-refractivity contribution >= 4 is 41.5 Å². The molecule has 8 nitrogen and oxygen atoms in total. The number of methoxy groups -OCH3 is 2. The highest BCUT2D eigenvalue weighted by atomic mass is 127. The Balaban J connectivity index is 0.00000363. The summed E-state index contributed by atoms with van der Waals surface area (Å²) in [6, 6.07) is 12.9. The second-order valence-corrected chi connectivity index (χ2v) is 7.12. The molecule has 0 amide bonds. The Kier molecular flexibility index (Phi) is 10.0. The number of aromatic nitrogens is 2. The van der Waals surface area contributed by atoms with Crippen molar-refractivity contribution in [2.75, 3.05) is 20.8 Å². The monoisotopic (exact) mass is 571 g/mol. The fourth-order valence-corrected chi connectivity index (χ4v) is 3.09. The second-order valence-electron chi connectivity index (χ2n) is 6.69. The van der Waals surface area contributed by atoms with Crippen LogP contribution >= 0.6 is 35.6 Å². The van der Waals surface area contributed by atoms with Crippen LogP contribution < -0.4 is 20.1 Å². The molecule has 0 fully saturated rings. The van der Waals surface area contributed by atoms with Crippen LogP contribution in [0.2, 0.25) is 5.02 Å². The van der Waals surface area contributed by atoms with E-state index in [4.69, 9.17) is 25.6 Å². The Morgan fingerprint density at radius 3 is 2.56 bits per heavy atom. The van der Waals surface area contributed by atoms with Crippen LogP contribution in [0.5, 0.6) is 11.5 Å². The number of aliphatic imine (C=N–C) groups is 1. The Labute approximate surface area is 209 Å². The standard InChI is InChI=1S/C22H26ClN5O3.HI/c1-5-24-22(26-14(2)18-12-17(29-3)10-11-19(18)30-4)25-13-20-27-21(28-31-20)15-6-8-16(23)9-7-15;/h6-12,14H,5,13H2,1-4H3,(H2,24,25,26);1H. The van der Waals surface area contributed by atoms with Gasteiger partial charge in [-0.05, 0) is 56.3 Å². The van der Waals surface area contributed by atoms with E-state index in [0.717, 1.165) is 22.6 Å². The van der Waals surface area contributed by atoms with Gasteiger partial charge in [0, 0.05) is 22.7 Å². The van der Waals surface area contributed by atoms with Crippen LogP contribution in [-0.2, 0) is 6.54 Å². The smallest absolute Gasteiger partial charge is 0.248 e. The molecule has 1 heterocycles. The van der Waals surface area contributed by atoms with Gasteiger partial charge in [-0.2, -0.15) is 4.98 Å². The quantitative estimate of drug-likeness (QED) is 0.227. The molecule has 0 saturated heterocycles. The molecule has 1 unspecified atom stereocenters. The summed E-state index contributed by atoms with van der Waals surface area (Å²) in [7, 11) is 3.28. The highest BCUT2D eigenvalue weighted by Crippen LogP contribution is 2.29. The summed E-state index contributed by atoms with van der Waals surface area (Å²) >= 11 is 5.93. The molecular weight excluding hydrogens is 545 g/mol. The zero-order chi connectivity index (χ0) is 22.2. The van der Waals surface area contributed by atoms with Crippen LogP contribution in [-0.4, -0.2) is 36.9 Å². The summed E-state index contributed by atoms with van der Waals surface area (Å²) in [6.07, 6.45) is 0. The molecule has 0 aliphatic carbocycles. The van der Waals surface area contributed by atoms with E-state index in [9.17, 15) is 0 Å². The molecule has 0 spiro atoms. The minimum absolute atomic E-state index is 0. The van der Waals surface area contributed by atoms with E-state index in [2.05, 4.69) is 25.8 Å². The molecule has 2 aromatic carbocycles. The van der Waals surface area contributed by atoms with Gasteiger partial charge in [0.25, 0.3) is 0 Å². The van der Waals surface area contributed by atoms with Gasteiger partial charge in [0.15, 0.2) is 5.96 Å². The summed E-state index contributed by atoms with van der Waals surface area (Å²) in [5, 5.41) is 11.3. The van der Waals surface area contributed by atoms with Crippen LogP contribution in [0.4, 0.5) is 0 Å². The first kappa shape index (κ1) is 25.7. The van der Waals surface area contributed by atoms with Gasteiger partial charge < -0.3 is 24.6 Å². The maximum absolute atomic E-state index is 5.93. The molecule has 32 heavy (non-hydrogen) atoms. The minimum atomic E-state index is -0.0878. The van der Waals surface area contributed by atoms with Gasteiger partial charge in [-0.15, -0.1) is 24.0 Å². The van der Waals surface area contributed by atoms with Crippen molar-refractivity contribution in [3.8, 4) is 22.9 Å². The number of guanidine groups is 1. The van der Waals surface area contributed by atoms with Crippen LogP contribution in [0.1, 0.15) is 31.3 Å². The fraction of sp³-hybridized carbons (Fsp3) is 0.318. The van der Waals surface area contributed by atoms with Gasteiger partial charge in [-0.1, -0.05) is 16.8 Å². The van der Waals surface area contributed by atoms with Gasteiger partial charge in [-0.25, -0.2) is 4.99 Å². The number of rotatable bonds is 8. The molecule has 0 radical (unpaired) electrons. The summed E-state index contributed by atoms with van der Waals surface area (Å²) in [5.41, 5.74) is 1.78. The number of nitrogens with zero attached hydrogens (tertiary/aromatic N) is 3. The zero-order valence-corrected chi connectivity index (χ0v) is 21.5. The largest absolute Gasteiger partial charge is 0.497 e. The third-order valence-electron chi connectivity index (χ3n) is 4.54. The minimum Gasteiger partial charge on any atom is -0.497 e. The number of hydrogen-bond acceptors (Lipinski definition) is 6. The number of halogens is 2. The third-order valence-corrected chi connectivity index (χ3v) is 4.80. The molecule has 10 heteroatoms. The molecule has 3 aromatic rings. The molecular formula is C22H27ClIN5O3. The van der Waals surface area contributed by atoms with E-state index in [-0.39, 0.29) is 36.6 Å². The molecule has 172 valence electrons. The number of ether oxygens (including phenoxy) is 2. The van der Waals surface area contributed by atoms with Crippen molar-refractivity contribution in [1.82, 2.24) is 20.8 Å². The topological polar surface area (TPSA) is 93.8 Å². The van der Waals surface area contributed by atoms with Crippen LogP contribution in [0.3, 0.4) is 0 Å².